The molecule has 10 heteroatoms. The van der Waals surface area contributed by atoms with Crippen molar-refractivity contribution in [1.29, 1.82) is 0 Å². The minimum Gasteiger partial charge on any atom is -0.489 e. The number of nitrogens with zero attached hydrogens (tertiary/aromatic N) is 4. The van der Waals surface area contributed by atoms with Crippen LogP contribution >= 0.6 is 27.5 Å². The maximum Gasteiger partial charge on any atom is 0.383 e. The Morgan fingerprint density at radius 3 is 2.87 bits per heavy atom. The fraction of sp³-hybridized carbons (Fsp3) is 0.385. The van der Waals surface area contributed by atoms with Crippen LogP contribution in [0.2, 0.25) is 5.28 Å². The summed E-state index contributed by atoms with van der Waals surface area (Å²) in [6, 6.07) is 3.46. The molecule has 8 nitrogen and oxygen atoms in total. The van der Waals surface area contributed by atoms with Crippen LogP contribution < -0.4 is 4.74 Å². The lowest BCUT2D eigenvalue weighted by Crippen LogP contribution is -2.33. The van der Waals surface area contributed by atoms with Gasteiger partial charge in [0.2, 0.25) is 0 Å². The first-order chi connectivity index (χ1) is 10.8. The van der Waals surface area contributed by atoms with E-state index in [0.717, 1.165) is 0 Å². The molecule has 0 saturated heterocycles. The Bertz CT molecular complexity index is 690. The van der Waals surface area contributed by atoms with Crippen molar-refractivity contribution in [2.45, 2.75) is 25.5 Å². The predicted molar refractivity (Wildman–Crippen MR) is 86.6 cm³/mol. The van der Waals surface area contributed by atoms with Crippen molar-refractivity contribution in [3.63, 3.8) is 0 Å². The van der Waals surface area contributed by atoms with E-state index in [2.05, 4.69) is 25.9 Å². The molecule has 0 aliphatic heterocycles. The van der Waals surface area contributed by atoms with Crippen molar-refractivity contribution in [3.05, 3.63) is 44.5 Å². The minimum atomic E-state index is -1.14. The number of hydrogen-bond acceptors (Lipinski definition) is 6. The lowest BCUT2D eigenvalue weighted by Gasteiger charge is -2.23. The van der Waals surface area contributed by atoms with E-state index >= 15 is 0 Å². The monoisotopic (exact) mass is 404 g/mol. The highest BCUT2D eigenvalue weighted by Crippen LogP contribution is 2.20. The average molecular weight is 406 g/mol. The van der Waals surface area contributed by atoms with Crippen molar-refractivity contribution in [1.82, 2.24) is 14.5 Å². The number of aryl methyl sites for hydroxylation is 1. The van der Waals surface area contributed by atoms with Crippen LogP contribution in [0.3, 0.4) is 0 Å². The quantitative estimate of drug-likeness (QED) is 0.431. The maximum absolute atomic E-state index is 10.6. The molecule has 2 heterocycles. The lowest BCUT2D eigenvalue weighted by molar-refractivity contribution is -0.389. The van der Waals surface area contributed by atoms with Crippen LogP contribution in [-0.4, -0.2) is 36.8 Å². The first kappa shape index (κ1) is 17.6. The molecular formula is C13H14BrClN4O4. The highest BCUT2D eigenvalue weighted by atomic mass is 79.9. The normalized spacial score (nSPS) is 13.6. The summed E-state index contributed by atoms with van der Waals surface area (Å²) in [7, 11) is 0. The van der Waals surface area contributed by atoms with E-state index in [0.29, 0.717) is 10.4 Å². The Hall–Kier alpha value is -1.71. The zero-order chi connectivity index (χ0) is 17.0. The molecule has 1 atom stereocenters. The van der Waals surface area contributed by atoms with Gasteiger partial charge in [-0.25, -0.2) is 4.98 Å². The second-order valence-corrected chi connectivity index (χ2v) is 6.32. The molecule has 0 fully saturated rings. The van der Waals surface area contributed by atoms with Gasteiger partial charge in [0, 0.05) is 6.54 Å². The van der Waals surface area contributed by atoms with Crippen LogP contribution in [0.1, 0.15) is 13.3 Å². The van der Waals surface area contributed by atoms with Gasteiger partial charge < -0.3 is 20.0 Å². The molecule has 2 aromatic heterocycles. The number of halogens is 2. The number of nitro groups is 1. The van der Waals surface area contributed by atoms with Crippen molar-refractivity contribution in [2.24, 2.45) is 0 Å². The Labute approximate surface area is 145 Å². The fourth-order valence-electron chi connectivity index (χ4n) is 1.74. The molecule has 0 radical (unpaired) electrons. The molecule has 0 aromatic carbocycles. The van der Waals surface area contributed by atoms with Crippen LogP contribution in [0.25, 0.3) is 0 Å². The summed E-state index contributed by atoms with van der Waals surface area (Å²) in [5, 5.41) is 21.0. The smallest absolute Gasteiger partial charge is 0.383 e. The molecule has 1 N–H and O–H groups in total. The van der Waals surface area contributed by atoms with E-state index in [9.17, 15) is 15.2 Å². The SMILES string of the molecule is CC(O)(CCn1cc([N+](=O)[O-])nc1Cl)COc1ccc(Br)nc1. The van der Waals surface area contributed by atoms with Crippen molar-refractivity contribution < 1.29 is 14.8 Å². The summed E-state index contributed by atoms with van der Waals surface area (Å²) in [6.07, 6.45) is 3.05. The first-order valence-corrected chi connectivity index (χ1v) is 7.78. The standard InChI is InChI=1S/C13H14BrClN4O4/c1-13(20,8-23-9-2-3-10(14)16-6-9)4-5-18-7-11(19(21)22)17-12(18)15/h2-3,6-7,20H,4-5,8H2,1H3. The zero-order valence-corrected chi connectivity index (χ0v) is 14.5. The number of rotatable bonds is 7. The van der Waals surface area contributed by atoms with Crippen LogP contribution in [-0.2, 0) is 6.54 Å². The Morgan fingerprint density at radius 1 is 1.57 bits per heavy atom. The van der Waals surface area contributed by atoms with Gasteiger partial charge in [-0.1, -0.05) is 0 Å². The Kier molecular flexibility index (Phi) is 5.55. The number of imidazole rings is 1. The van der Waals surface area contributed by atoms with E-state index in [1.54, 1.807) is 19.1 Å². The third-order valence-corrected chi connectivity index (χ3v) is 3.81. The third kappa shape index (κ3) is 5.15. The molecule has 0 amide bonds. The van der Waals surface area contributed by atoms with Gasteiger partial charge in [-0.15, -0.1) is 0 Å². The Morgan fingerprint density at radius 2 is 2.30 bits per heavy atom. The summed E-state index contributed by atoms with van der Waals surface area (Å²) in [6.45, 7) is 1.93. The Balaban J connectivity index is 1.90. The fourth-order valence-corrected chi connectivity index (χ4v) is 2.20. The molecule has 124 valence electrons. The van der Waals surface area contributed by atoms with Gasteiger partial charge in [-0.05, 0) is 62.9 Å². The molecule has 0 saturated carbocycles. The lowest BCUT2D eigenvalue weighted by atomic mass is 10.0. The molecule has 2 aromatic rings. The van der Waals surface area contributed by atoms with Crippen molar-refractivity contribution in [2.75, 3.05) is 6.61 Å². The summed E-state index contributed by atoms with van der Waals surface area (Å²) in [5.41, 5.74) is -1.14. The molecule has 0 bridgehead atoms. The minimum absolute atomic E-state index is 0.00512. The molecule has 23 heavy (non-hydrogen) atoms. The molecule has 0 spiro atoms. The van der Waals surface area contributed by atoms with Gasteiger partial charge in [0.25, 0.3) is 0 Å². The number of aliphatic hydroxyl groups is 1. The summed E-state index contributed by atoms with van der Waals surface area (Å²) in [4.78, 5) is 17.7. The summed E-state index contributed by atoms with van der Waals surface area (Å²) >= 11 is 9.05. The third-order valence-electron chi connectivity index (χ3n) is 3.04. The number of hydrogen-bond donors (Lipinski definition) is 1. The van der Waals surface area contributed by atoms with E-state index in [1.165, 1.54) is 17.0 Å². The summed E-state index contributed by atoms with van der Waals surface area (Å²) in [5.74, 6) is 0.205. The van der Waals surface area contributed by atoms with Gasteiger partial charge in [-0.3, -0.25) is 4.57 Å². The van der Waals surface area contributed by atoms with Crippen LogP contribution in [0.5, 0.6) is 5.75 Å². The topological polar surface area (TPSA) is 103 Å². The molecular weight excluding hydrogens is 392 g/mol. The molecule has 1 unspecified atom stereocenters. The van der Waals surface area contributed by atoms with Gasteiger partial charge in [0.15, 0.2) is 0 Å². The second kappa shape index (κ2) is 7.24. The zero-order valence-electron chi connectivity index (χ0n) is 12.1. The van der Waals surface area contributed by atoms with Crippen molar-refractivity contribution >= 4 is 33.3 Å². The van der Waals surface area contributed by atoms with Crippen LogP contribution in [0.4, 0.5) is 5.82 Å². The summed E-state index contributed by atoms with van der Waals surface area (Å²) < 4.78 is 7.59. The van der Waals surface area contributed by atoms with E-state index < -0.39 is 10.5 Å². The maximum atomic E-state index is 10.6. The number of ether oxygens (including phenoxy) is 1. The van der Waals surface area contributed by atoms with Gasteiger partial charge >= 0.3 is 11.1 Å². The van der Waals surface area contributed by atoms with E-state index in [1.807, 2.05) is 0 Å². The highest BCUT2D eigenvalue weighted by Gasteiger charge is 2.24. The highest BCUT2D eigenvalue weighted by molar-refractivity contribution is 9.10. The van der Waals surface area contributed by atoms with E-state index in [-0.39, 0.29) is 30.7 Å². The van der Waals surface area contributed by atoms with Gasteiger partial charge in [0.05, 0.1) is 11.8 Å². The van der Waals surface area contributed by atoms with Crippen molar-refractivity contribution in [3.8, 4) is 5.75 Å². The molecule has 2 rings (SSSR count). The van der Waals surface area contributed by atoms with Gasteiger partial charge in [-0.2, -0.15) is 0 Å². The predicted octanol–water partition coefficient (Wildman–Crippen LogP) is 2.82. The second-order valence-electron chi connectivity index (χ2n) is 5.17. The average Bonchev–Trinajstić information content (AvgIpc) is 2.86. The van der Waals surface area contributed by atoms with Crippen LogP contribution in [0.15, 0.2) is 29.1 Å². The molecule has 0 aliphatic rings. The van der Waals surface area contributed by atoms with Gasteiger partial charge in [0.1, 0.15) is 23.2 Å². The largest absolute Gasteiger partial charge is 0.489 e. The first-order valence-electron chi connectivity index (χ1n) is 6.61. The molecule has 0 aliphatic carbocycles. The number of aromatic nitrogens is 3. The number of pyridine rings is 1. The van der Waals surface area contributed by atoms with Crippen LogP contribution in [0, 0.1) is 10.1 Å². The van der Waals surface area contributed by atoms with E-state index in [4.69, 9.17) is 16.3 Å².